The van der Waals surface area contributed by atoms with Crippen LogP contribution in [-0.4, -0.2) is 24.2 Å². The number of hydrogen-bond acceptors (Lipinski definition) is 3. The highest BCUT2D eigenvalue weighted by Crippen LogP contribution is 2.38. The molecule has 0 aliphatic rings. The Bertz CT molecular complexity index is 2650. The minimum absolute atomic E-state index is 0.00178. The molecule has 5 nitrogen and oxygen atoms in total. The van der Waals surface area contributed by atoms with Gasteiger partial charge in [-0.2, -0.15) is 0 Å². The van der Waals surface area contributed by atoms with Gasteiger partial charge in [-0.15, -0.1) is 0 Å². The van der Waals surface area contributed by atoms with Crippen molar-refractivity contribution in [1.82, 2.24) is 19.1 Å². The molecule has 3 aromatic heterocycles. The molecule has 1 N–H and O–H groups in total. The van der Waals surface area contributed by atoms with Crippen LogP contribution >= 0.6 is 0 Å². The fraction of sp³-hybridized carbons (Fsp3) is 0.0270. The number of aromatic nitrogens is 4. The molecule has 0 aliphatic heterocycles. The number of aromatic hydroxyl groups is 1. The van der Waals surface area contributed by atoms with E-state index < -0.39 is 36.3 Å². The normalized spacial score (nSPS) is 14.2. The van der Waals surface area contributed by atoms with Crippen LogP contribution in [0.5, 0.6) is 5.75 Å². The van der Waals surface area contributed by atoms with Gasteiger partial charge in [0.15, 0.2) is 0 Å². The van der Waals surface area contributed by atoms with Crippen molar-refractivity contribution in [1.29, 1.82) is 0 Å². The first-order chi connectivity index (χ1) is 24.0. The standard InChI is InChI=1S/C37H26N4O/c1-40-34-18-10-14-27(36(34)39-37(40)30-13-4-7-19-35(30)42)24-21-25(31-15-8-9-20-38-31)23-26(22-24)41-32-16-5-2-11-28(32)29-12-3-6-17-33(29)41/h2-23,42H,1H3/i2D,3D,5D,6D,11D,12D,16D,17D. The molecule has 42 heavy (non-hydrogen) atoms. The molecule has 0 amide bonds. The number of aryl methyl sites for hydroxylation is 1. The van der Waals surface area contributed by atoms with Crippen LogP contribution in [0.1, 0.15) is 11.0 Å². The topological polar surface area (TPSA) is 55.9 Å². The van der Waals surface area contributed by atoms with Gasteiger partial charge in [0.1, 0.15) is 11.6 Å². The Morgan fingerprint density at radius 3 is 2.12 bits per heavy atom. The van der Waals surface area contributed by atoms with Crippen molar-refractivity contribution in [2.24, 2.45) is 7.05 Å². The van der Waals surface area contributed by atoms with Crippen LogP contribution in [0.2, 0.25) is 0 Å². The molecular formula is C37H26N4O. The molecule has 0 fully saturated rings. The van der Waals surface area contributed by atoms with Crippen LogP contribution in [0.15, 0.2) is 133 Å². The Morgan fingerprint density at radius 1 is 0.690 bits per heavy atom. The number of rotatable bonds is 4. The van der Waals surface area contributed by atoms with Gasteiger partial charge in [-0.1, -0.05) is 66.6 Å². The Labute approximate surface area is 253 Å². The number of imidazole rings is 1. The first-order valence-electron chi connectivity index (χ1n) is 17.3. The van der Waals surface area contributed by atoms with E-state index in [1.54, 1.807) is 36.5 Å². The Morgan fingerprint density at radius 2 is 1.38 bits per heavy atom. The average Bonchev–Trinajstić information content (AvgIpc) is 3.67. The van der Waals surface area contributed by atoms with Crippen molar-refractivity contribution < 1.29 is 16.1 Å². The predicted molar refractivity (Wildman–Crippen MR) is 171 cm³/mol. The van der Waals surface area contributed by atoms with Crippen molar-refractivity contribution in [2.75, 3.05) is 0 Å². The summed E-state index contributed by atoms with van der Waals surface area (Å²) < 4.78 is 72.9. The van der Waals surface area contributed by atoms with Crippen LogP contribution < -0.4 is 0 Å². The lowest BCUT2D eigenvalue weighted by Gasteiger charge is -2.14. The van der Waals surface area contributed by atoms with E-state index in [4.69, 9.17) is 16.0 Å². The van der Waals surface area contributed by atoms with Crippen LogP contribution in [0, 0.1) is 0 Å². The number of benzene rings is 5. The number of phenols is 1. The fourth-order valence-electron chi connectivity index (χ4n) is 5.61. The van der Waals surface area contributed by atoms with Crippen LogP contribution in [0.25, 0.3) is 72.3 Å². The lowest BCUT2D eigenvalue weighted by Crippen LogP contribution is -1.96. The van der Waals surface area contributed by atoms with E-state index in [1.165, 1.54) is 4.57 Å². The van der Waals surface area contributed by atoms with E-state index >= 15 is 0 Å². The minimum atomic E-state index is -0.501. The van der Waals surface area contributed by atoms with Gasteiger partial charge in [0.05, 0.1) is 44.3 Å². The number of fused-ring (bicyclic) bond motifs is 4. The first-order valence-corrected chi connectivity index (χ1v) is 13.3. The Balaban J connectivity index is 1.52. The highest BCUT2D eigenvalue weighted by atomic mass is 16.3. The van der Waals surface area contributed by atoms with Crippen LogP contribution in [0.3, 0.4) is 0 Å². The van der Waals surface area contributed by atoms with Crippen molar-refractivity contribution in [3.05, 3.63) is 133 Å². The fourth-order valence-corrected chi connectivity index (χ4v) is 5.61. The molecule has 0 bridgehead atoms. The maximum atomic E-state index is 10.7. The summed E-state index contributed by atoms with van der Waals surface area (Å²) in [6, 6.07) is 20.2. The van der Waals surface area contributed by atoms with Crippen molar-refractivity contribution in [3.8, 4) is 45.2 Å². The van der Waals surface area contributed by atoms with Gasteiger partial charge >= 0.3 is 0 Å². The molecule has 8 aromatic rings. The molecule has 0 unspecified atom stereocenters. The zero-order valence-corrected chi connectivity index (χ0v) is 22.3. The second-order valence-corrected chi connectivity index (χ2v) is 9.95. The molecule has 8 rings (SSSR count). The van der Waals surface area contributed by atoms with Gasteiger partial charge in [0, 0.05) is 40.8 Å². The maximum absolute atomic E-state index is 10.7. The lowest BCUT2D eigenvalue weighted by molar-refractivity contribution is 0.476. The molecule has 5 aromatic carbocycles. The Kier molecular flexibility index (Phi) is 3.87. The number of para-hydroxylation sites is 4. The average molecular weight is 551 g/mol. The Hall–Kier alpha value is -5.68. The van der Waals surface area contributed by atoms with Crippen LogP contribution in [0.4, 0.5) is 0 Å². The van der Waals surface area contributed by atoms with Gasteiger partial charge < -0.3 is 14.2 Å². The summed E-state index contributed by atoms with van der Waals surface area (Å²) >= 11 is 0. The van der Waals surface area contributed by atoms with Crippen molar-refractivity contribution in [3.63, 3.8) is 0 Å². The highest BCUT2D eigenvalue weighted by Gasteiger charge is 2.18. The van der Waals surface area contributed by atoms with Crippen molar-refractivity contribution >= 4 is 32.8 Å². The van der Waals surface area contributed by atoms with Crippen molar-refractivity contribution in [2.45, 2.75) is 0 Å². The second kappa shape index (κ2) is 9.46. The molecule has 0 aliphatic carbocycles. The van der Waals surface area contributed by atoms with Gasteiger partial charge in [0.2, 0.25) is 0 Å². The van der Waals surface area contributed by atoms with Gasteiger partial charge in [-0.25, -0.2) is 4.98 Å². The third-order valence-corrected chi connectivity index (χ3v) is 7.54. The largest absolute Gasteiger partial charge is 0.507 e. The van der Waals surface area contributed by atoms with E-state index in [2.05, 4.69) is 4.98 Å². The van der Waals surface area contributed by atoms with E-state index in [0.717, 1.165) is 11.1 Å². The lowest BCUT2D eigenvalue weighted by atomic mass is 9.99. The molecule has 0 radical (unpaired) electrons. The maximum Gasteiger partial charge on any atom is 0.144 e. The molecule has 0 spiro atoms. The monoisotopic (exact) mass is 550 g/mol. The number of hydrogen-bond donors (Lipinski definition) is 1. The number of phenolic OH excluding ortho intramolecular Hbond substituents is 1. The zero-order chi connectivity index (χ0) is 35.2. The van der Waals surface area contributed by atoms with E-state index in [1.807, 2.05) is 60.1 Å². The molecule has 0 atom stereocenters. The summed E-state index contributed by atoms with van der Waals surface area (Å²) in [6.07, 6.45) is 1.66. The molecule has 0 saturated carbocycles. The highest BCUT2D eigenvalue weighted by molar-refractivity contribution is 6.09. The summed E-state index contributed by atoms with van der Waals surface area (Å²) in [5.74, 6) is 0.647. The quantitative estimate of drug-likeness (QED) is 0.238. The second-order valence-electron chi connectivity index (χ2n) is 9.95. The van der Waals surface area contributed by atoms with Gasteiger partial charge in [-0.05, 0) is 66.2 Å². The summed E-state index contributed by atoms with van der Waals surface area (Å²) in [4.78, 5) is 9.56. The summed E-state index contributed by atoms with van der Waals surface area (Å²) in [6.45, 7) is 0. The van der Waals surface area contributed by atoms with E-state index in [0.29, 0.717) is 39.4 Å². The SMILES string of the molecule is [2H]c1c([2H])c([2H])c2c(c1[2H])c1c([2H])c([2H])c([2H])c([2H])c1n2-c1cc(-c2ccccn2)cc(-c2cccc3c2nc(-c2ccccc2O)n3C)c1. The van der Waals surface area contributed by atoms with Gasteiger partial charge in [0.25, 0.3) is 0 Å². The molecule has 0 saturated heterocycles. The zero-order valence-electron chi connectivity index (χ0n) is 30.3. The summed E-state index contributed by atoms with van der Waals surface area (Å²) in [5.41, 5.74) is 5.12. The third kappa shape index (κ3) is 3.71. The van der Waals surface area contributed by atoms with E-state index in [9.17, 15) is 5.11 Å². The number of pyridine rings is 1. The van der Waals surface area contributed by atoms with Gasteiger partial charge in [-0.3, -0.25) is 4.98 Å². The molecular weight excluding hydrogens is 516 g/mol. The first kappa shape index (κ1) is 17.2. The van der Waals surface area contributed by atoms with Crippen LogP contribution in [-0.2, 0) is 7.05 Å². The summed E-state index contributed by atoms with van der Waals surface area (Å²) in [5, 5.41) is 10.7. The molecule has 3 heterocycles. The molecule has 5 heteroatoms. The predicted octanol–water partition coefficient (Wildman–Crippen LogP) is 8.77. The smallest absolute Gasteiger partial charge is 0.144 e. The minimum Gasteiger partial charge on any atom is -0.507 e. The molecule has 200 valence electrons. The number of nitrogens with zero attached hydrogens (tertiary/aromatic N) is 4. The summed E-state index contributed by atoms with van der Waals surface area (Å²) in [7, 11) is 1.87. The third-order valence-electron chi connectivity index (χ3n) is 7.54. The van der Waals surface area contributed by atoms with E-state index in [-0.39, 0.29) is 39.6 Å².